The standard InChI is InChI=1S/C21H37N5/c1-4-18(3)19-8-10-20(11-9-19)24-21(22)23-12-6-7-13-26-16-14-25(5-2)15-17-26/h8-11,18H,4-7,12-17H2,1-3H3,(H3,22,23,24). The van der Waals surface area contributed by atoms with Crippen LogP contribution in [-0.2, 0) is 0 Å². The van der Waals surface area contributed by atoms with E-state index in [0.29, 0.717) is 11.9 Å². The van der Waals surface area contributed by atoms with E-state index in [1.165, 1.54) is 51.3 Å². The van der Waals surface area contributed by atoms with Crippen LogP contribution >= 0.6 is 0 Å². The molecular weight excluding hydrogens is 322 g/mol. The maximum atomic E-state index is 6.01. The Hall–Kier alpha value is -1.59. The van der Waals surface area contributed by atoms with E-state index in [9.17, 15) is 0 Å². The molecule has 3 N–H and O–H groups in total. The molecule has 5 heteroatoms. The van der Waals surface area contributed by atoms with Crippen molar-refractivity contribution >= 4 is 11.6 Å². The fraction of sp³-hybridized carbons (Fsp3) is 0.667. The van der Waals surface area contributed by atoms with Gasteiger partial charge in [0.05, 0.1) is 0 Å². The number of nitrogens with zero attached hydrogens (tertiary/aromatic N) is 3. The highest BCUT2D eigenvalue weighted by atomic mass is 15.3. The number of benzene rings is 1. The number of anilines is 1. The molecule has 1 aromatic rings. The molecule has 0 spiro atoms. The van der Waals surface area contributed by atoms with Crippen LogP contribution in [0.15, 0.2) is 29.3 Å². The summed E-state index contributed by atoms with van der Waals surface area (Å²) < 4.78 is 0. The molecule has 1 unspecified atom stereocenters. The Bertz CT molecular complexity index is 532. The first-order valence-electron chi connectivity index (χ1n) is 10.2. The Kier molecular flexibility index (Phi) is 8.92. The maximum absolute atomic E-state index is 6.01. The van der Waals surface area contributed by atoms with Gasteiger partial charge in [0, 0.05) is 38.4 Å². The largest absolute Gasteiger partial charge is 0.370 e. The van der Waals surface area contributed by atoms with E-state index in [2.05, 4.69) is 65.1 Å². The van der Waals surface area contributed by atoms with Crippen molar-refractivity contribution in [1.82, 2.24) is 9.80 Å². The fourth-order valence-electron chi connectivity index (χ4n) is 3.29. The highest BCUT2D eigenvalue weighted by Gasteiger charge is 2.14. The van der Waals surface area contributed by atoms with Gasteiger partial charge in [-0.15, -0.1) is 0 Å². The van der Waals surface area contributed by atoms with Gasteiger partial charge >= 0.3 is 0 Å². The third-order valence-corrected chi connectivity index (χ3v) is 5.44. The summed E-state index contributed by atoms with van der Waals surface area (Å²) in [6.45, 7) is 14.7. The Balaban J connectivity index is 1.62. The van der Waals surface area contributed by atoms with Crippen LogP contribution in [0, 0.1) is 0 Å². The number of rotatable bonds is 9. The predicted octanol–water partition coefficient (Wildman–Crippen LogP) is 3.34. The molecule has 0 bridgehead atoms. The van der Waals surface area contributed by atoms with Crippen molar-refractivity contribution in [3.05, 3.63) is 29.8 Å². The van der Waals surface area contributed by atoms with E-state index >= 15 is 0 Å². The number of nitrogens with one attached hydrogen (secondary N) is 1. The lowest BCUT2D eigenvalue weighted by atomic mass is 9.99. The van der Waals surface area contributed by atoms with E-state index in [4.69, 9.17) is 5.73 Å². The van der Waals surface area contributed by atoms with Crippen molar-refractivity contribution in [3.63, 3.8) is 0 Å². The Labute approximate surface area is 159 Å². The molecular formula is C21H37N5. The Morgan fingerprint density at radius 1 is 1.08 bits per heavy atom. The van der Waals surface area contributed by atoms with Gasteiger partial charge in [0.1, 0.15) is 0 Å². The number of aliphatic imine (C=N–C) groups is 1. The summed E-state index contributed by atoms with van der Waals surface area (Å²) in [4.78, 5) is 9.54. The average molecular weight is 360 g/mol. The third-order valence-electron chi connectivity index (χ3n) is 5.44. The van der Waals surface area contributed by atoms with Gasteiger partial charge in [0.2, 0.25) is 0 Å². The SMILES string of the molecule is CCC(C)c1ccc(NC(N)=NCCCCN2CCN(CC)CC2)cc1. The van der Waals surface area contributed by atoms with E-state index in [1.807, 2.05) is 0 Å². The van der Waals surface area contributed by atoms with Gasteiger partial charge in [-0.2, -0.15) is 0 Å². The number of hydrogen-bond donors (Lipinski definition) is 2. The zero-order chi connectivity index (χ0) is 18.8. The van der Waals surface area contributed by atoms with E-state index in [0.717, 1.165) is 25.1 Å². The highest BCUT2D eigenvalue weighted by molar-refractivity contribution is 5.92. The molecule has 1 aliphatic rings. The van der Waals surface area contributed by atoms with Crippen LogP contribution in [0.3, 0.4) is 0 Å². The molecule has 1 aromatic carbocycles. The topological polar surface area (TPSA) is 56.9 Å². The molecule has 0 saturated carbocycles. The van der Waals surface area contributed by atoms with Crippen molar-refractivity contribution in [1.29, 1.82) is 0 Å². The quantitative estimate of drug-likeness (QED) is 0.403. The van der Waals surface area contributed by atoms with E-state index in [-0.39, 0.29) is 0 Å². The van der Waals surface area contributed by atoms with Crippen molar-refractivity contribution in [2.24, 2.45) is 10.7 Å². The zero-order valence-electron chi connectivity index (χ0n) is 16.9. The second-order valence-electron chi connectivity index (χ2n) is 7.31. The van der Waals surface area contributed by atoms with Crippen molar-refractivity contribution in [2.75, 3.05) is 51.1 Å². The van der Waals surface area contributed by atoms with E-state index in [1.54, 1.807) is 0 Å². The number of nitrogens with two attached hydrogens (primary N) is 1. The second kappa shape index (κ2) is 11.2. The molecule has 2 rings (SSSR count). The molecule has 146 valence electrons. The maximum Gasteiger partial charge on any atom is 0.193 e. The molecule has 1 aliphatic heterocycles. The smallest absolute Gasteiger partial charge is 0.193 e. The minimum Gasteiger partial charge on any atom is -0.370 e. The fourth-order valence-corrected chi connectivity index (χ4v) is 3.29. The Morgan fingerprint density at radius 3 is 2.35 bits per heavy atom. The van der Waals surface area contributed by atoms with Gasteiger partial charge < -0.3 is 20.9 Å². The van der Waals surface area contributed by atoms with Crippen molar-refractivity contribution in [3.8, 4) is 0 Å². The average Bonchev–Trinajstić information content (AvgIpc) is 2.68. The van der Waals surface area contributed by atoms with E-state index < -0.39 is 0 Å². The summed E-state index contributed by atoms with van der Waals surface area (Å²) in [5, 5.41) is 3.19. The number of guanidine groups is 1. The van der Waals surface area contributed by atoms with Crippen LogP contribution in [-0.4, -0.2) is 61.6 Å². The van der Waals surface area contributed by atoms with Gasteiger partial charge in [-0.25, -0.2) is 0 Å². The summed E-state index contributed by atoms with van der Waals surface area (Å²) in [6, 6.07) is 8.50. The van der Waals surface area contributed by atoms with Crippen LogP contribution in [0.4, 0.5) is 5.69 Å². The summed E-state index contributed by atoms with van der Waals surface area (Å²) in [5.41, 5.74) is 8.38. The summed E-state index contributed by atoms with van der Waals surface area (Å²) >= 11 is 0. The molecule has 0 amide bonds. The van der Waals surface area contributed by atoms with Gasteiger partial charge in [0.15, 0.2) is 5.96 Å². The highest BCUT2D eigenvalue weighted by Crippen LogP contribution is 2.20. The number of unbranched alkanes of at least 4 members (excludes halogenated alkanes) is 1. The molecule has 0 radical (unpaired) electrons. The molecule has 1 atom stereocenters. The monoisotopic (exact) mass is 359 g/mol. The molecule has 5 nitrogen and oxygen atoms in total. The normalized spacial score (nSPS) is 18.0. The first kappa shape index (κ1) is 20.7. The Morgan fingerprint density at radius 2 is 1.73 bits per heavy atom. The summed E-state index contributed by atoms with van der Waals surface area (Å²) in [6.07, 6.45) is 3.43. The lowest BCUT2D eigenvalue weighted by Crippen LogP contribution is -2.46. The van der Waals surface area contributed by atoms with Gasteiger partial charge in [-0.1, -0.05) is 32.9 Å². The molecule has 1 saturated heterocycles. The number of piperazine rings is 1. The zero-order valence-corrected chi connectivity index (χ0v) is 16.9. The first-order chi connectivity index (χ1) is 12.6. The number of hydrogen-bond acceptors (Lipinski definition) is 3. The first-order valence-corrected chi connectivity index (χ1v) is 10.2. The molecule has 1 heterocycles. The van der Waals surface area contributed by atoms with Gasteiger partial charge in [-0.3, -0.25) is 4.99 Å². The molecule has 1 fully saturated rings. The predicted molar refractivity (Wildman–Crippen MR) is 113 cm³/mol. The van der Waals surface area contributed by atoms with Crippen LogP contribution in [0.5, 0.6) is 0 Å². The van der Waals surface area contributed by atoms with Crippen LogP contribution in [0.2, 0.25) is 0 Å². The van der Waals surface area contributed by atoms with Gasteiger partial charge in [-0.05, 0) is 56.0 Å². The number of likely N-dealkylation sites (N-methyl/N-ethyl adjacent to an activating group) is 1. The van der Waals surface area contributed by atoms with Crippen molar-refractivity contribution < 1.29 is 0 Å². The van der Waals surface area contributed by atoms with Crippen LogP contribution in [0.1, 0.15) is 51.5 Å². The van der Waals surface area contributed by atoms with Crippen LogP contribution in [0.25, 0.3) is 0 Å². The molecule has 0 aromatic heterocycles. The summed E-state index contributed by atoms with van der Waals surface area (Å²) in [5.74, 6) is 1.11. The third kappa shape index (κ3) is 6.96. The molecule has 26 heavy (non-hydrogen) atoms. The molecule has 0 aliphatic carbocycles. The van der Waals surface area contributed by atoms with Crippen molar-refractivity contribution in [2.45, 2.75) is 46.0 Å². The summed E-state index contributed by atoms with van der Waals surface area (Å²) in [7, 11) is 0. The lowest BCUT2D eigenvalue weighted by molar-refractivity contribution is 0.136. The minimum absolute atomic E-state index is 0.512. The lowest BCUT2D eigenvalue weighted by Gasteiger charge is -2.33. The van der Waals surface area contributed by atoms with Crippen LogP contribution < -0.4 is 11.1 Å². The minimum atomic E-state index is 0.512. The van der Waals surface area contributed by atoms with Gasteiger partial charge in [0.25, 0.3) is 0 Å². The second-order valence-corrected chi connectivity index (χ2v) is 7.31.